The van der Waals surface area contributed by atoms with Crippen LogP contribution >= 0.6 is 24.0 Å². The van der Waals surface area contributed by atoms with Gasteiger partial charge in [0.1, 0.15) is 6.33 Å². The number of amides is 1. The molecule has 0 saturated heterocycles. The normalized spacial score (nSPS) is 13.0. The van der Waals surface area contributed by atoms with Crippen molar-refractivity contribution >= 4 is 35.9 Å². The predicted octanol–water partition coefficient (Wildman–Crippen LogP) is 2.02. The van der Waals surface area contributed by atoms with E-state index < -0.39 is 0 Å². The second kappa shape index (κ2) is 7.86. The van der Waals surface area contributed by atoms with Crippen LogP contribution in [0, 0.1) is 0 Å². The molecule has 10 heteroatoms. The average Bonchev–Trinajstić information content (AvgIpc) is 3.23. The summed E-state index contributed by atoms with van der Waals surface area (Å²) in [6, 6.07) is 7.49. The van der Waals surface area contributed by atoms with E-state index in [0.717, 1.165) is 29.8 Å². The first kappa shape index (κ1) is 18.4. The second-order valence-corrected chi connectivity index (χ2v) is 6.24. The minimum atomic E-state index is -0.314. The van der Waals surface area contributed by atoms with E-state index in [2.05, 4.69) is 30.9 Å². The highest BCUT2D eigenvalue weighted by Gasteiger charge is 2.22. The number of nitrogens with one attached hydrogen (secondary N) is 3. The zero-order valence-electron chi connectivity index (χ0n) is 13.7. The van der Waals surface area contributed by atoms with Crippen molar-refractivity contribution in [2.45, 2.75) is 19.5 Å². The molecule has 1 aliphatic heterocycles. The van der Waals surface area contributed by atoms with Gasteiger partial charge >= 0.3 is 0 Å². The van der Waals surface area contributed by atoms with Crippen LogP contribution in [-0.2, 0) is 19.5 Å². The number of carbonyl (C=O) groups is 1. The number of H-pyrrole nitrogens is 1. The third kappa shape index (κ3) is 3.87. The van der Waals surface area contributed by atoms with Crippen LogP contribution in [0.15, 0.2) is 30.6 Å². The predicted molar refractivity (Wildman–Crippen MR) is 99.8 cm³/mol. The number of fused-ring (bicyclic) bond motifs is 1. The minimum absolute atomic E-state index is 0. The molecule has 0 radical (unpaired) electrons. The van der Waals surface area contributed by atoms with Crippen LogP contribution in [0.2, 0.25) is 5.02 Å². The molecule has 4 rings (SSSR count). The maximum Gasteiger partial charge on any atom is 0.278 e. The lowest BCUT2D eigenvalue weighted by molar-refractivity contribution is 0.102. The van der Waals surface area contributed by atoms with E-state index in [9.17, 15) is 4.79 Å². The molecule has 3 aromatic rings. The largest absolute Gasteiger partial charge is 0.312 e. The van der Waals surface area contributed by atoms with E-state index in [1.54, 1.807) is 11.0 Å². The summed E-state index contributed by atoms with van der Waals surface area (Å²) in [6.07, 6.45) is 2.41. The topological polar surface area (TPSA) is 101 Å². The fourth-order valence-electron chi connectivity index (χ4n) is 2.78. The number of aromatic amines is 1. The molecule has 0 unspecified atom stereocenters. The van der Waals surface area contributed by atoms with E-state index in [1.165, 1.54) is 0 Å². The number of hydrogen-bond acceptors (Lipinski definition) is 5. The molecular weight excluding hydrogens is 377 g/mol. The van der Waals surface area contributed by atoms with E-state index in [0.29, 0.717) is 23.8 Å². The van der Waals surface area contributed by atoms with E-state index >= 15 is 0 Å². The summed E-state index contributed by atoms with van der Waals surface area (Å²) in [7, 11) is 0. The maximum atomic E-state index is 12.4. The molecule has 26 heavy (non-hydrogen) atoms. The second-order valence-electron chi connectivity index (χ2n) is 5.80. The molecule has 1 amide bonds. The van der Waals surface area contributed by atoms with Gasteiger partial charge in [-0.1, -0.05) is 23.7 Å². The molecule has 0 atom stereocenters. The van der Waals surface area contributed by atoms with E-state index in [-0.39, 0.29) is 24.3 Å². The minimum Gasteiger partial charge on any atom is -0.312 e. The molecule has 0 bridgehead atoms. The standard InChI is InChI=1S/C16H16ClN7O.ClH/c17-11-3-1-10(2-4-11)8-24-9-19-16(23-24)20-15(25)14-12-7-18-6-5-13(12)21-22-14;/h1-4,9,18H,5-8H2,(H,21,22)(H,20,23,25);1H. The lowest BCUT2D eigenvalue weighted by atomic mass is 10.1. The summed E-state index contributed by atoms with van der Waals surface area (Å²) in [5.41, 5.74) is 3.34. The molecule has 8 nitrogen and oxygen atoms in total. The van der Waals surface area contributed by atoms with Crippen LogP contribution in [-0.4, -0.2) is 37.4 Å². The summed E-state index contributed by atoms with van der Waals surface area (Å²) < 4.78 is 1.65. The van der Waals surface area contributed by atoms with Crippen LogP contribution < -0.4 is 10.6 Å². The van der Waals surface area contributed by atoms with Crippen LogP contribution in [0.1, 0.15) is 27.3 Å². The Bertz CT molecular complexity index is 904. The Hall–Kier alpha value is -2.42. The number of aromatic nitrogens is 5. The van der Waals surface area contributed by atoms with Crippen LogP contribution in [0.4, 0.5) is 5.95 Å². The molecular formula is C16H17Cl2N7O. The lowest BCUT2D eigenvalue weighted by Gasteiger charge is -2.12. The number of benzene rings is 1. The molecule has 3 N–H and O–H groups in total. The van der Waals surface area contributed by atoms with Crippen LogP contribution in [0.5, 0.6) is 0 Å². The third-order valence-corrected chi connectivity index (χ3v) is 4.29. The molecule has 0 spiro atoms. The van der Waals surface area contributed by atoms with Gasteiger partial charge in [-0.3, -0.25) is 15.2 Å². The van der Waals surface area contributed by atoms with E-state index in [1.807, 2.05) is 24.3 Å². The molecule has 0 fully saturated rings. The summed E-state index contributed by atoms with van der Waals surface area (Å²) >= 11 is 5.88. The Morgan fingerprint density at radius 2 is 2.12 bits per heavy atom. The van der Waals surface area contributed by atoms with Gasteiger partial charge in [0.2, 0.25) is 5.95 Å². The van der Waals surface area contributed by atoms with Gasteiger partial charge in [-0.25, -0.2) is 9.67 Å². The molecule has 3 heterocycles. The van der Waals surface area contributed by atoms with Crippen molar-refractivity contribution < 1.29 is 4.79 Å². The quantitative estimate of drug-likeness (QED) is 0.629. The maximum absolute atomic E-state index is 12.4. The highest BCUT2D eigenvalue weighted by Crippen LogP contribution is 2.16. The molecule has 0 saturated carbocycles. The Balaban J connectivity index is 0.00000196. The molecule has 0 aliphatic carbocycles. The van der Waals surface area contributed by atoms with Crippen molar-refractivity contribution in [1.82, 2.24) is 30.3 Å². The number of carbonyl (C=O) groups excluding carboxylic acids is 1. The molecule has 1 aromatic carbocycles. The van der Waals surface area contributed by atoms with Crippen molar-refractivity contribution in [3.05, 3.63) is 58.1 Å². The highest BCUT2D eigenvalue weighted by atomic mass is 35.5. The summed E-state index contributed by atoms with van der Waals surface area (Å²) in [6.45, 7) is 2.06. The first-order valence-corrected chi connectivity index (χ1v) is 8.29. The first-order valence-electron chi connectivity index (χ1n) is 7.91. The van der Waals surface area contributed by atoms with Crippen LogP contribution in [0.25, 0.3) is 0 Å². The monoisotopic (exact) mass is 393 g/mol. The van der Waals surface area contributed by atoms with Crippen LogP contribution in [0.3, 0.4) is 0 Å². The number of hydrogen-bond donors (Lipinski definition) is 3. The fourth-order valence-corrected chi connectivity index (χ4v) is 2.90. The average molecular weight is 394 g/mol. The van der Waals surface area contributed by atoms with Gasteiger partial charge < -0.3 is 5.32 Å². The van der Waals surface area contributed by atoms with Gasteiger partial charge in [-0.15, -0.1) is 17.5 Å². The van der Waals surface area contributed by atoms with Gasteiger partial charge in [0.05, 0.1) is 6.54 Å². The number of halogens is 2. The Kier molecular flexibility index (Phi) is 5.55. The zero-order chi connectivity index (χ0) is 17.2. The van der Waals surface area contributed by atoms with Crippen molar-refractivity contribution in [2.24, 2.45) is 0 Å². The molecule has 136 valence electrons. The van der Waals surface area contributed by atoms with E-state index in [4.69, 9.17) is 11.6 Å². The number of anilines is 1. The smallest absolute Gasteiger partial charge is 0.278 e. The highest BCUT2D eigenvalue weighted by molar-refractivity contribution is 6.30. The van der Waals surface area contributed by atoms with Gasteiger partial charge in [0.15, 0.2) is 5.69 Å². The van der Waals surface area contributed by atoms with Gasteiger partial charge in [-0.2, -0.15) is 5.10 Å². The summed E-state index contributed by atoms with van der Waals surface area (Å²) in [4.78, 5) is 16.6. The van der Waals surface area contributed by atoms with Crippen molar-refractivity contribution in [1.29, 1.82) is 0 Å². The number of rotatable bonds is 4. The third-order valence-electron chi connectivity index (χ3n) is 4.04. The van der Waals surface area contributed by atoms with Crippen molar-refractivity contribution in [3.63, 3.8) is 0 Å². The van der Waals surface area contributed by atoms with Crippen molar-refractivity contribution in [2.75, 3.05) is 11.9 Å². The fraction of sp³-hybridized carbons (Fsp3) is 0.250. The Labute approximate surface area is 160 Å². The van der Waals surface area contributed by atoms with Gasteiger partial charge in [0, 0.05) is 35.8 Å². The summed E-state index contributed by atoms with van der Waals surface area (Å²) in [5.74, 6) is -0.0649. The number of nitrogens with zero attached hydrogens (tertiary/aromatic N) is 4. The zero-order valence-corrected chi connectivity index (χ0v) is 15.3. The molecule has 2 aromatic heterocycles. The first-order chi connectivity index (χ1) is 12.2. The van der Waals surface area contributed by atoms with Gasteiger partial charge in [-0.05, 0) is 17.7 Å². The SMILES string of the molecule is Cl.O=C(Nc1ncn(Cc2ccc(Cl)cc2)n1)c1n[nH]c2c1CNCC2. The Morgan fingerprint density at radius 3 is 2.92 bits per heavy atom. The Morgan fingerprint density at radius 1 is 1.31 bits per heavy atom. The van der Waals surface area contributed by atoms with Gasteiger partial charge in [0.25, 0.3) is 5.91 Å². The van der Waals surface area contributed by atoms with Crippen molar-refractivity contribution in [3.8, 4) is 0 Å². The lowest BCUT2D eigenvalue weighted by Crippen LogP contribution is -2.25. The summed E-state index contributed by atoms with van der Waals surface area (Å²) in [5, 5.41) is 17.9. The molecule has 1 aliphatic rings.